The molecule has 70 valence electrons. The molecule has 0 aliphatic heterocycles. The molecule has 0 atom stereocenters. The summed E-state index contributed by atoms with van der Waals surface area (Å²) in [6, 6.07) is 7.01. The first-order valence-corrected chi connectivity index (χ1v) is 4.82. The molecule has 0 radical (unpaired) electrons. The molecule has 1 aromatic rings. The van der Waals surface area contributed by atoms with Crippen molar-refractivity contribution in [2.75, 3.05) is 6.61 Å². The van der Waals surface area contributed by atoms with Crippen LogP contribution in [0, 0.1) is 0 Å². The van der Waals surface area contributed by atoms with Gasteiger partial charge in [0.1, 0.15) is 11.5 Å². The lowest BCUT2D eigenvalue weighted by Gasteiger charge is -2.03. The summed E-state index contributed by atoms with van der Waals surface area (Å²) in [6.07, 6.45) is 0.984. The van der Waals surface area contributed by atoms with E-state index in [4.69, 9.17) is 9.26 Å². The molecule has 1 rings (SSSR count). The van der Waals surface area contributed by atoms with Gasteiger partial charge in [0.05, 0.1) is 6.61 Å². The van der Waals surface area contributed by atoms with Crippen LogP contribution in [-0.2, 0) is 4.57 Å². The van der Waals surface area contributed by atoms with Crippen molar-refractivity contribution >= 4 is 8.69 Å². The van der Waals surface area contributed by atoms with Crippen molar-refractivity contribution in [1.29, 1.82) is 0 Å². The third-order valence-electron chi connectivity index (χ3n) is 1.44. The molecular weight excluding hydrogens is 187 g/mol. The SMILES string of the molecule is CCCOc1ccc(OP=O)cc1. The lowest BCUT2D eigenvalue weighted by molar-refractivity contribution is 0.317. The molecule has 1 aromatic carbocycles. The zero-order valence-electron chi connectivity index (χ0n) is 7.40. The monoisotopic (exact) mass is 198 g/mol. The maximum Gasteiger partial charge on any atom is 0.395 e. The minimum atomic E-state index is -0.335. The van der Waals surface area contributed by atoms with E-state index in [2.05, 4.69) is 0 Å². The highest BCUT2D eigenvalue weighted by Gasteiger charge is 1.94. The Morgan fingerprint density at radius 1 is 1.23 bits per heavy atom. The highest BCUT2D eigenvalue weighted by molar-refractivity contribution is 7.17. The topological polar surface area (TPSA) is 35.5 Å². The van der Waals surface area contributed by atoms with Crippen molar-refractivity contribution in [3.05, 3.63) is 24.3 Å². The molecule has 0 fully saturated rings. The van der Waals surface area contributed by atoms with E-state index < -0.39 is 0 Å². The normalized spacial score (nSPS) is 9.92. The summed E-state index contributed by atoms with van der Waals surface area (Å²) < 4.78 is 20.2. The lowest BCUT2D eigenvalue weighted by Crippen LogP contribution is -1.94. The van der Waals surface area contributed by atoms with Gasteiger partial charge in [0.15, 0.2) is 0 Å². The van der Waals surface area contributed by atoms with Gasteiger partial charge in [-0.05, 0) is 30.7 Å². The molecular formula is C9H11O3P. The second-order valence-electron chi connectivity index (χ2n) is 2.49. The van der Waals surface area contributed by atoms with Gasteiger partial charge >= 0.3 is 8.69 Å². The van der Waals surface area contributed by atoms with E-state index in [0.717, 1.165) is 12.2 Å². The van der Waals surface area contributed by atoms with Crippen LogP contribution >= 0.6 is 8.69 Å². The van der Waals surface area contributed by atoms with Crippen LogP contribution in [0.4, 0.5) is 0 Å². The summed E-state index contributed by atoms with van der Waals surface area (Å²) in [5.41, 5.74) is 0. The lowest BCUT2D eigenvalue weighted by atomic mass is 10.3. The van der Waals surface area contributed by atoms with E-state index in [1.807, 2.05) is 6.92 Å². The van der Waals surface area contributed by atoms with Gasteiger partial charge in [-0.1, -0.05) is 6.92 Å². The third kappa shape index (κ3) is 3.43. The smallest absolute Gasteiger partial charge is 0.395 e. The van der Waals surface area contributed by atoms with Gasteiger partial charge in [0, 0.05) is 0 Å². The Kier molecular flexibility index (Phi) is 4.27. The van der Waals surface area contributed by atoms with Crippen molar-refractivity contribution in [1.82, 2.24) is 0 Å². The summed E-state index contributed by atoms with van der Waals surface area (Å²) in [6.45, 7) is 2.76. The first kappa shape index (κ1) is 10.0. The maximum absolute atomic E-state index is 10.1. The average molecular weight is 198 g/mol. The highest BCUT2D eigenvalue weighted by atomic mass is 31.1. The van der Waals surface area contributed by atoms with Crippen molar-refractivity contribution in [2.45, 2.75) is 13.3 Å². The van der Waals surface area contributed by atoms with Crippen molar-refractivity contribution in [3.8, 4) is 11.5 Å². The predicted octanol–water partition coefficient (Wildman–Crippen LogP) is 3.06. The molecule has 3 nitrogen and oxygen atoms in total. The van der Waals surface area contributed by atoms with Crippen LogP contribution in [0.1, 0.15) is 13.3 Å². The van der Waals surface area contributed by atoms with E-state index >= 15 is 0 Å². The van der Waals surface area contributed by atoms with E-state index in [1.54, 1.807) is 24.3 Å². The van der Waals surface area contributed by atoms with Gasteiger partial charge in [-0.25, -0.2) is 4.57 Å². The highest BCUT2D eigenvalue weighted by Crippen LogP contribution is 2.19. The molecule has 4 heteroatoms. The van der Waals surface area contributed by atoms with Crippen LogP contribution in [0.5, 0.6) is 11.5 Å². The van der Waals surface area contributed by atoms with Crippen molar-refractivity contribution in [3.63, 3.8) is 0 Å². The fourth-order valence-electron chi connectivity index (χ4n) is 0.860. The minimum absolute atomic E-state index is 0.335. The molecule has 0 aliphatic carbocycles. The Balaban J connectivity index is 2.53. The van der Waals surface area contributed by atoms with Gasteiger partial charge in [-0.3, -0.25) is 0 Å². The molecule has 13 heavy (non-hydrogen) atoms. The molecule has 0 heterocycles. The van der Waals surface area contributed by atoms with Crippen LogP contribution in [0.15, 0.2) is 24.3 Å². The number of benzene rings is 1. The summed E-state index contributed by atoms with van der Waals surface area (Å²) in [5, 5.41) is 0. The zero-order chi connectivity index (χ0) is 9.52. The van der Waals surface area contributed by atoms with Crippen LogP contribution in [0.25, 0.3) is 0 Å². The standard InChI is InChI=1S/C9H11O3P/c1-2-7-11-8-3-5-9(6-4-8)12-13-10/h3-6H,2,7H2,1H3. The van der Waals surface area contributed by atoms with Gasteiger partial charge in [-0.15, -0.1) is 0 Å². The first-order valence-electron chi connectivity index (χ1n) is 4.09. The van der Waals surface area contributed by atoms with Crippen molar-refractivity contribution < 1.29 is 13.8 Å². The summed E-state index contributed by atoms with van der Waals surface area (Å²) in [5.74, 6) is 1.37. The van der Waals surface area contributed by atoms with Crippen LogP contribution in [-0.4, -0.2) is 6.61 Å². The van der Waals surface area contributed by atoms with Crippen molar-refractivity contribution in [2.24, 2.45) is 0 Å². The van der Waals surface area contributed by atoms with E-state index in [9.17, 15) is 4.57 Å². The van der Waals surface area contributed by atoms with Crippen LogP contribution < -0.4 is 9.26 Å². The maximum atomic E-state index is 10.1. The molecule has 0 aromatic heterocycles. The molecule has 0 saturated carbocycles. The number of ether oxygens (including phenoxy) is 1. The summed E-state index contributed by atoms with van der Waals surface area (Å²) in [4.78, 5) is 0. The number of hydrogen-bond acceptors (Lipinski definition) is 3. The van der Waals surface area contributed by atoms with Crippen LogP contribution in [0.2, 0.25) is 0 Å². The first-order chi connectivity index (χ1) is 6.36. The van der Waals surface area contributed by atoms with Gasteiger partial charge < -0.3 is 9.26 Å². The van der Waals surface area contributed by atoms with Gasteiger partial charge in [0.2, 0.25) is 0 Å². The van der Waals surface area contributed by atoms with Gasteiger partial charge in [-0.2, -0.15) is 0 Å². The Bertz CT molecular complexity index is 258. The summed E-state index contributed by atoms with van der Waals surface area (Å²) >= 11 is 0. The number of hydrogen-bond donors (Lipinski definition) is 0. The van der Waals surface area contributed by atoms with Crippen LogP contribution in [0.3, 0.4) is 0 Å². The quantitative estimate of drug-likeness (QED) is 0.682. The number of rotatable bonds is 5. The second kappa shape index (κ2) is 5.55. The third-order valence-corrected chi connectivity index (χ3v) is 1.72. The predicted molar refractivity (Wildman–Crippen MR) is 50.5 cm³/mol. The summed E-state index contributed by atoms with van der Waals surface area (Å²) in [7, 11) is -0.335. The Morgan fingerprint density at radius 3 is 2.38 bits per heavy atom. The molecule has 0 spiro atoms. The average Bonchev–Trinajstić information content (AvgIpc) is 2.17. The molecule has 0 bridgehead atoms. The molecule has 0 unspecified atom stereocenters. The molecule has 0 amide bonds. The Hall–Kier alpha value is -1.08. The molecule has 0 N–H and O–H groups in total. The molecule has 0 saturated heterocycles. The van der Waals surface area contributed by atoms with E-state index in [0.29, 0.717) is 12.4 Å². The fraction of sp³-hybridized carbons (Fsp3) is 0.333. The zero-order valence-corrected chi connectivity index (χ0v) is 8.29. The van der Waals surface area contributed by atoms with E-state index in [1.165, 1.54) is 0 Å². The Morgan fingerprint density at radius 2 is 1.85 bits per heavy atom. The van der Waals surface area contributed by atoms with E-state index in [-0.39, 0.29) is 8.69 Å². The largest absolute Gasteiger partial charge is 0.494 e. The van der Waals surface area contributed by atoms with Gasteiger partial charge in [0.25, 0.3) is 0 Å². The second-order valence-corrected chi connectivity index (χ2v) is 2.82. The minimum Gasteiger partial charge on any atom is -0.494 e. The Labute approximate surface area is 79.0 Å². The fourth-order valence-corrected chi connectivity index (χ4v) is 1.07. The molecule has 0 aliphatic rings.